The maximum atomic E-state index is 12.6. The molecule has 1 amide bonds. The Morgan fingerprint density at radius 3 is 3.00 bits per heavy atom. The summed E-state index contributed by atoms with van der Waals surface area (Å²) < 4.78 is 5.97. The van der Waals surface area contributed by atoms with Crippen LogP contribution in [0.3, 0.4) is 0 Å². The van der Waals surface area contributed by atoms with Gasteiger partial charge in [-0.05, 0) is 36.8 Å². The summed E-state index contributed by atoms with van der Waals surface area (Å²) in [7, 11) is 0. The molecule has 3 atom stereocenters. The van der Waals surface area contributed by atoms with Crippen molar-refractivity contribution in [2.75, 3.05) is 13.1 Å². The first-order valence-electron chi connectivity index (χ1n) is 7.39. The second kappa shape index (κ2) is 5.37. The molecule has 1 saturated carbocycles. The molecule has 0 aromatic carbocycles. The number of amides is 1. The van der Waals surface area contributed by atoms with E-state index < -0.39 is 0 Å². The van der Waals surface area contributed by atoms with Crippen LogP contribution in [0.1, 0.15) is 23.3 Å². The van der Waals surface area contributed by atoms with E-state index in [0.29, 0.717) is 27.6 Å². The van der Waals surface area contributed by atoms with Gasteiger partial charge < -0.3 is 15.2 Å². The molecule has 2 N–H and O–H groups in total. The van der Waals surface area contributed by atoms with Crippen LogP contribution in [-0.4, -0.2) is 35.1 Å². The molecule has 3 heterocycles. The molecular weight excluding hydrogens is 322 g/mol. The molecule has 1 aliphatic heterocycles. The molecule has 1 aliphatic carbocycles. The van der Waals surface area contributed by atoms with E-state index in [1.807, 2.05) is 11.0 Å². The quantitative estimate of drug-likeness (QED) is 0.914. The second-order valence-electron chi connectivity index (χ2n) is 6.06. The zero-order valence-corrected chi connectivity index (χ0v) is 13.4. The molecule has 2 aliphatic rings. The summed E-state index contributed by atoms with van der Waals surface area (Å²) >= 11 is 7.32. The molecule has 2 aromatic rings. The third kappa shape index (κ3) is 2.35. The van der Waals surface area contributed by atoms with E-state index in [1.54, 1.807) is 12.1 Å². The van der Waals surface area contributed by atoms with Gasteiger partial charge in [0.25, 0.3) is 5.91 Å². The lowest BCUT2D eigenvalue weighted by Gasteiger charge is -2.17. The van der Waals surface area contributed by atoms with E-state index in [0.717, 1.165) is 30.8 Å². The van der Waals surface area contributed by atoms with Gasteiger partial charge in [0.05, 0.1) is 9.21 Å². The zero-order chi connectivity index (χ0) is 15.3. The molecule has 3 unspecified atom stereocenters. The standard InChI is InChI=1S/C15H16ClN3O2S/c16-14-4-3-13(22-14)12-5-11(18-21-12)15(20)19-6-8-1-2-10(17)9(8)7-19/h3-5,8-10H,1-2,6-7,17H2. The Balaban J connectivity index is 1.51. The fourth-order valence-corrected chi connectivity index (χ4v) is 4.57. The zero-order valence-electron chi connectivity index (χ0n) is 11.9. The van der Waals surface area contributed by atoms with Crippen molar-refractivity contribution in [3.05, 3.63) is 28.2 Å². The number of nitrogens with two attached hydrogens (primary N) is 1. The molecule has 2 fully saturated rings. The van der Waals surface area contributed by atoms with Crippen LogP contribution in [0.4, 0.5) is 0 Å². The second-order valence-corrected chi connectivity index (χ2v) is 7.77. The number of aromatic nitrogens is 1. The van der Waals surface area contributed by atoms with Crippen molar-refractivity contribution >= 4 is 28.8 Å². The Labute approximate surface area is 137 Å². The van der Waals surface area contributed by atoms with Crippen molar-refractivity contribution in [2.24, 2.45) is 17.6 Å². The minimum atomic E-state index is -0.0701. The third-order valence-electron chi connectivity index (χ3n) is 4.74. The van der Waals surface area contributed by atoms with Gasteiger partial charge in [-0.2, -0.15) is 0 Å². The number of thiophene rings is 1. The summed E-state index contributed by atoms with van der Waals surface area (Å²) in [5.41, 5.74) is 6.47. The largest absolute Gasteiger partial charge is 0.355 e. The van der Waals surface area contributed by atoms with Gasteiger partial charge in [-0.1, -0.05) is 16.8 Å². The van der Waals surface area contributed by atoms with Gasteiger partial charge in [0.1, 0.15) is 0 Å². The monoisotopic (exact) mass is 337 g/mol. The number of rotatable bonds is 2. The van der Waals surface area contributed by atoms with Crippen molar-refractivity contribution in [3.63, 3.8) is 0 Å². The van der Waals surface area contributed by atoms with Crippen LogP contribution in [0.2, 0.25) is 4.34 Å². The maximum absolute atomic E-state index is 12.6. The van der Waals surface area contributed by atoms with Gasteiger partial charge in [-0.15, -0.1) is 11.3 Å². The molecule has 4 rings (SSSR count). The van der Waals surface area contributed by atoms with E-state index in [1.165, 1.54) is 11.3 Å². The Kier molecular flexibility index (Phi) is 3.47. The van der Waals surface area contributed by atoms with E-state index in [-0.39, 0.29) is 11.9 Å². The van der Waals surface area contributed by atoms with Gasteiger partial charge in [-0.25, -0.2) is 0 Å². The normalized spacial score (nSPS) is 27.4. The number of likely N-dealkylation sites (tertiary alicyclic amines) is 1. The fraction of sp³-hybridized carbons (Fsp3) is 0.467. The van der Waals surface area contributed by atoms with Crippen LogP contribution in [0.25, 0.3) is 10.6 Å². The Hall–Kier alpha value is -1.37. The highest BCUT2D eigenvalue weighted by molar-refractivity contribution is 7.19. The topological polar surface area (TPSA) is 72.4 Å². The third-order valence-corrected chi connectivity index (χ3v) is 5.99. The molecule has 0 bridgehead atoms. The van der Waals surface area contributed by atoms with Gasteiger partial charge >= 0.3 is 0 Å². The van der Waals surface area contributed by atoms with Crippen molar-refractivity contribution in [1.29, 1.82) is 0 Å². The van der Waals surface area contributed by atoms with Gasteiger partial charge in [0.2, 0.25) is 0 Å². The van der Waals surface area contributed by atoms with Crippen molar-refractivity contribution in [3.8, 4) is 10.6 Å². The minimum Gasteiger partial charge on any atom is -0.355 e. The van der Waals surface area contributed by atoms with E-state index in [4.69, 9.17) is 21.9 Å². The molecule has 0 radical (unpaired) electrons. The van der Waals surface area contributed by atoms with Crippen molar-refractivity contribution in [2.45, 2.75) is 18.9 Å². The first kappa shape index (κ1) is 14.2. The number of fused-ring (bicyclic) bond motifs is 1. The van der Waals surface area contributed by atoms with Gasteiger partial charge in [0.15, 0.2) is 11.5 Å². The summed E-state index contributed by atoms with van der Waals surface area (Å²) in [6, 6.07) is 5.58. The first-order chi connectivity index (χ1) is 10.6. The van der Waals surface area contributed by atoms with Crippen LogP contribution in [-0.2, 0) is 0 Å². The molecule has 1 saturated heterocycles. The first-order valence-corrected chi connectivity index (χ1v) is 8.58. The lowest BCUT2D eigenvalue weighted by atomic mass is 9.98. The van der Waals surface area contributed by atoms with Crippen molar-refractivity contribution in [1.82, 2.24) is 10.1 Å². The predicted molar refractivity (Wildman–Crippen MR) is 84.9 cm³/mol. The summed E-state index contributed by atoms with van der Waals surface area (Å²) in [4.78, 5) is 15.3. The number of carbonyl (C=O) groups is 1. The van der Waals surface area contributed by atoms with Gasteiger partial charge in [0, 0.05) is 25.2 Å². The number of hydrogen-bond donors (Lipinski definition) is 1. The molecular formula is C15H16ClN3O2S. The molecule has 5 nitrogen and oxygen atoms in total. The lowest BCUT2D eigenvalue weighted by molar-refractivity contribution is 0.0769. The fourth-order valence-electron chi connectivity index (χ4n) is 3.57. The SMILES string of the molecule is NC1CCC2CN(C(=O)c3cc(-c4ccc(Cl)s4)on3)CC12. The van der Waals surface area contributed by atoms with E-state index in [2.05, 4.69) is 5.16 Å². The molecule has 116 valence electrons. The Morgan fingerprint density at radius 1 is 1.41 bits per heavy atom. The molecule has 0 spiro atoms. The minimum absolute atomic E-state index is 0.0701. The molecule has 2 aromatic heterocycles. The number of nitrogens with zero attached hydrogens (tertiary/aromatic N) is 2. The molecule has 7 heteroatoms. The Bertz CT molecular complexity index is 713. The number of carbonyl (C=O) groups excluding carboxylic acids is 1. The summed E-state index contributed by atoms with van der Waals surface area (Å²) in [5.74, 6) is 1.49. The van der Waals surface area contributed by atoms with Gasteiger partial charge in [-0.3, -0.25) is 4.79 Å². The summed E-state index contributed by atoms with van der Waals surface area (Å²) in [5, 5.41) is 3.93. The van der Waals surface area contributed by atoms with Crippen LogP contribution in [0, 0.1) is 11.8 Å². The van der Waals surface area contributed by atoms with Crippen LogP contribution >= 0.6 is 22.9 Å². The van der Waals surface area contributed by atoms with E-state index >= 15 is 0 Å². The van der Waals surface area contributed by atoms with Crippen LogP contribution in [0.5, 0.6) is 0 Å². The van der Waals surface area contributed by atoms with E-state index in [9.17, 15) is 4.79 Å². The molecule has 22 heavy (non-hydrogen) atoms. The number of halogens is 1. The van der Waals surface area contributed by atoms with Crippen molar-refractivity contribution < 1.29 is 9.32 Å². The summed E-state index contributed by atoms with van der Waals surface area (Å²) in [6.45, 7) is 1.52. The average Bonchev–Trinajstić information content (AvgIpc) is 3.23. The van der Waals surface area contributed by atoms with Crippen LogP contribution < -0.4 is 5.73 Å². The lowest BCUT2D eigenvalue weighted by Crippen LogP contribution is -2.33. The predicted octanol–water partition coefficient (Wildman–Crippen LogP) is 2.87. The summed E-state index contributed by atoms with van der Waals surface area (Å²) in [6.07, 6.45) is 2.19. The average molecular weight is 338 g/mol. The highest BCUT2D eigenvalue weighted by Crippen LogP contribution is 2.38. The highest BCUT2D eigenvalue weighted by Gasteiger charge is 2.43. The Morgan fingerprint density at radius 2 is 2.27 bits per heavy atom. The van der Waals surface area contributed by atoms with Crippen LogP contribution in [0.15, 0.2) is 22.7 Å². The highest BCUT2D eigenvalue weighted by atomic mass is 35.5. The maximum Gasteiger partial charge on any atom is 0.276 e. The smallest absolute Gasteiger partial charge is 0.276 e. The number of hydrogen-bond acceptors (Lipinski definition) is 5.